The van der Waals surface area contributed by atoms with Gasteiger partial charge in [0.15, 0.2) is 0 Å². The molecule has 3 aromatic carbocycles. The van der Waals surface area contributed by atoms with Gasteiger partial charge >= 0.3 is 6.09 Å². The van der Waals surface area contributed by atoms with E-state index in [2.05, 4.69) is 16.5 Å². The summed E-state index contributed by atoms with van der Waals surface area (Å²) in [6.07, 6.45) is 1.56. The Labute approximate surface area is 275 Å². The number of aromatic nitrogens is 4. The predicted molar refractivity (Wildman–Crippen MR) is 172 cm³/mol. The topological polar surface area (TPSA) is 120 Å². The van der Waals surface area contributed by atoms with Crippen molar-refractivity contribution < 1.29 is 28.0 Å². The van der Waals surface area contributed by atoms with Crippen LogP contribution in [0.2, 0.25) is 0 Å². The summed E-state index contributed by atoms with van der Waals surface area (Å²) in [6, 6.07) is 19.4. The summed E-state index contributed by atoms with van der Waals surface area (Å²) < 4.78 is 38.4. The molecule has 3 atom stereocenters. The van der Waals surface area contributed by atoms with Crippen molar-refractivity contribution in [1.82, 2.24) is 20.1 Å². The molecule has 0 fully saturated rings. The third-order valence-corrected chi connectivity index (χ3v) is 9.03. The third-order valence-electron chi connectivity index (χ3n) is 8.00. The lowest BCUT2D eigenvalue weighted by molar-refractivity contribution is -0.753. The minimum atomic E-state index is -1.99. The Balaban J connectivity index is 1.39. The molecule has 0 saturated heterocycles. The van der Waals surface area contributed by atoms with Gasteiger partial charge in [0.05, 0.1) is 28.0 Å². The van der Waals surface area contributed by atoms with Gasteiger partial charge in [0.2, 0.25) is 12.6 Å². The summed E-state index contributed by atoms with van der Waals surface area (Å²) in [4.78, 5) is 19.2. The van der Waals surface area contributed by atoms with E-state index >= 15 is 4.39 Å². The number of carbonyl (C=O) groups is 1. The second kappa shape index (κ2) is 14.2. The monoisotopic (exact) mass is 658 g/mol. The maximum absolute atomic E-state index is 15.3. The highest BCUT2D eigenvalue weighted by molar-refractivity contribution is 7.10. The van der Waals surface area contributed by atoms with E-state index in [9.17, 15) is 14.3 Å². The number of thiazole rings is 1. The number of carbonyl (C=O) groups excluding carboxylic acids is 1. The molecule has 2 aromatic heterocycles. The lowest BCUT2D eigenvalue weighted by Gasteiger charge is -2.32. The fraction of sp³-hybridized carbons (Fsp3) is 0.265. The summed E-state index contributed by atoms with van der Waals surface area (Å²) in [5.41, 5.74) is 1.28. The van der Waals surface area contributed by atoms with Crippen LogP contribution in [0.4, 0.5) is 19.3 Å². The smallest absolute Gasteiger partial charge is 0.412 e. The van der Waals surface area contributed by atoms with E-state index in [4.69, 9.17) is 15.0 Å². The molecule has 2 heterocycles. The number of anilines is 1. The van der Waals surface area contributed by atoms with Gasteiger partial charge in [0, 0.05) is 48.0 Å². The van der Waals surface area contributed by atoms with Crippen LogP contribution in [0.1, 0.15) is 47.7 Å². The zero-order chi connectivity index (χ0) is 33.7. The second-order valence-electron chi connectivity index (χ2n) is 11.1. The molecular formula is C34H34F2N7O3S+. The van der Waals surface area contributed by atoms with Crippen LogP contribution in [0, 0.1) is 23.0 Å². The molecule has 5 aromatic rings. The number of amides is 1. The highest BCUT2D eigenvalue weighted by Gasteiger charge is 2.43. The molecule has 0 aliphatic heterocycles. The van der Waals surface area contributed by atoms with Crippen molar-refractivity contribution >= 4 is 23.1 Å². The lowest BCUT2D eigenvalue weighted by Crippen LogP contribution is -2.42. The second-order valence-corrected chi connectivity index (χ2v) is 12.0. The first-order valence-electron chi connectivity index (χ1n) is 14.8. The first kappa shape index (κ1) is 33.3. The summed E-state index contributed by atoms with van der Waals surface area (Å²) in [7, 11) is 3.44. The van der Waals surface area contributed by atoms with Crippen molar-refractivity contribution in [3.05, 3.63) is 118 Å². The van der Waals surface area contributed by atoms with Crippen molar-refractivity contribution in [2.45, 2.75) is 44.7 Å². The molecule has 1 amide bonds. The number of halogens is 2. The molecule has 47 heavy (non-hydrogen) atoms. The number of nitrogens with zero attached hydrogens (tertiary/aromatic N) is 6. The molecular weight excluding hydrogens is 624 g/mol. The minimum Gasteiger partial charge on any atom is -0.412 e. The van der Waals surface area contributed by atoms with E-state index in [1.165, 1.54) is 38.1 Å². The van der Waals surface area contributed by atoms with Crippen molar-refractivity contribution in [2.24, 2.45) is 0 Å². The molecule has 2 N–H and O–H groups in total. The summed E-state index contributed by atoms with van der Waals surface area (Å²) >= 11 is 1.27. The molecule has 0 spiro atoms. The van der Waals surface area contributed by atoms with Gasteiger partial charge in [-0.15, -0.1) is 16.0 Å². The van der Waals surface area contributed by atoms with E-state index in [-0.39, 0.29) is 12.1 Å². The standard InChI is InChI=1S/C34H34F2N7O3S/c1-22(32-40-30(18-47-32)25-11-9-24(16-37)10-12-25)34(45,28-15-27(35)13-14-29(28)36)19-43-21-42(20-39-43)23(2)46-33(44)41(4)31-8-6-5-7-26(31)17-38-3/h5-15,18,20-23,38,45H,17,19H2,1-4H3/q+1. The van der Waals surface area contributed by atoms with Crippen molar-refractivity contribution in [3.8, 4) is 17.3 Å². The normalized spacial score (nSPS) is 13.7. The van der Waals surface area contributed by atoms with E-state index in [0.717, 1.165) is 29.3 Å². The number of aliphatic hydroxyl groups is 1. The van der Waals surface area contributed by atoms with Crippen molar-refractivity contribution in [3.63, 3.8) is 0 Å². The first-order valence-corrected chi connectivity index (χ1v) is 15.7. The summed E-state index contributed by atoms with van der Waals surface area (Å²) in [5.74, 6) is -2.30. The molecule has 0 bridgehead atoms. The number of para-hydroxylation sites is 1. The van der Waals surface area contributed by atoms with Crippen molar-refractivity contribution in [2.75, 3.05) is 19.0 Å². The van der Waals surface area contributed by atoms with Crippen LogP contribution in [0.25, 0.3) is 11.3 Å². The van der Waals surface area contributed by atoms with Gasteiger partial charge in [0.1, 0.15) is 23.8 Å². The Morgan fingerprint density at radius 2 is 1.94 bits per heavy atom. The Morgan fingerprint density at radius 3 is 2.66 bits per heavy atom. The fourth-order valence-corrected chi connectivity index (χ4v) is 6.21. The zero-order valence-electron chi connectivity index (χ0n) is 26.3. The summed E-state index contributed by atoms with van der Waals surface area (Å²) in [5, 5.41) is 31.1. The van der Waals surface area contributed by atoms with Gasteiger partial charge in [-0.3, -0.25) is 4.90 Å². The van der Waals surface area contributed by atoms with Crippen LogP contribution < -0.4 is 14.8 Å². The van der Waals surface area contributed by atoms with Crippen LogP contribution in [0.15, 0.2) is 84.8 Å². The molecule has 3 unspecified atom stereocenters. The molecule has 13 heteroatoms. The average molecular weight is 659 g/mol. The third kappa shape index (κ3) is 7.20. The minimum absolute atomic E-state index is 0.247. The zero-order valence-corrected chi connectivity index (χ0v) is 27.1. The van der Waals surface area contributed by atoms with Crippen LogP contribution in [-0.4, -0.2) is 40.1 Å². The maximum atomic E-state index is 15.3. The van der Waals surface area contributed by atoms with Gasteiger partial charge in [-0.05, 0) is 49.0 Å². The van der Waals surface area contributed by atoms with E-state index in [1.807, 2.05) is 36.7 Å². The molecule has 10 nitrogen and oxygen atoms in total. The SMILES string of the molecule is CNCc1ccccc1N(C)C(=O)OC(C)[n+]1cnn(CC(O)(c2cc(F)ccc2F)C(C)c2nc(-c3ccc(C#N)cc3)cs2)c1. The number of benzene rings is 3. The fourth-order valence-electron chi connectivity index (χ4n) is 5.24. The van der Waals surface area contributed by atoms with Crippen LogP contribution in [0.5, 0.6) is 0 Å². The first-order chi connectivity index (χ1) is 22.5. The van der Waals surface area contributed by atoms with E-state index in [1.54, 1.807) is 45.2 Å². The number of hydrogen-bond acceptors (Lipinski definition) is 8. The van der Waals surface area contributed by atoms with Gasteiger partial charge in [-0.25, -0.2) is 18.6 Å². The Hall–Kier alpha value is -5.03. The maximum Gasteiger partial charge on any atom is 0.416 e. The highest BCUT2D eigenvalue weighted by Crippen LogP contribution is 2.41. The lowest BCUT2D eigenvalue weighted by atomic mass is 9.82. The Morgan fingerprint density at radius 1 is 1.19 bits per heavy atom. The number of ether oxygens (including phenoxy) is 1. The predicted octanol–water partition coefficient (Wildman–Crippen LogP) is 5.65. The molecule has 242 valence electrons. The Bertz CT molecular complexity index is 1910. The summed E-state index contributed by atoms with van der Waals surface area (Å²) in [6.45, 7) is 3.65. The number of hydrogen-bond donors (Lipinski definition) is 2. The molecule has 0 aliphatic rings. The Kier molecular flexibility index (Phi) is 10.0. The number of nitriles is 1. The number of nitrogens with one attached hydrogen (secondary N) is 1. The molecule has 0 aliphatic carbocycles. The van der Waals surface area contributed by atoms with Gasteiger partial charge in [0.25, 0.3) is 6.33 Å². The van der Waals surface area contributed by atoms with Crippen LogP contribution in [-0.2, 0) is 23.4 Å². The molecule has 0 saturated carbocycles. The highest BCUT2D eigenvalue weighted by atomic mass is 32.1. The largest absolute Gasteiger partial charge is 0.416 e. The number of rotatable bonds is 11. The molecule has 5 rings (SSSR count). The van der Waals surface area contributed by atoms with E-state index in [0.29, 0.717) is 28.5 Å². The van der Waals surface area contributed by atoms with Gasteiger partial charge < -0.3 is 15.2 Å². The van der Waals surface area contributed by atoms with Gasteiger partial charge in [-0.1, -0.05) is 37.3 Å². The quantitative estimate of drug-likeness (QED) is 0.176. The van der Waals surface area contributed by atoms with Crippen LogP contribution >= 0.6 is 11.3 Å². The van der Waals surface area contributed by atoms with Crippen LogP contribution in [0.3, 0.4) is 0 Å². The average Bonchev–Trinajstić information content (AvgIpc) is 3.76. The van der Waals surface area contributed by atoms with E-state index < -0.39 is 35.5 Å². The van der Waals surface area contributed by atoms with Crippen molar-refractivity contribution in [1.29, 1.82) is 5.26 Å². The van der Waals surface area contributed by atoms with Gasteiger partial charge in [-0.2, -0.15) is 9.83 Å². The molecule has 0 radical (unpaired) electrons.